The molecule has 1 amide bonds. The molecule has 3 heterocycles. The van der Waals surface area contributed by atoms with Gasteiger partial charge in [-0.25, -0.2) is 9.42 Å². The predicted octanol–water partition coefficient (Wildman–Crippen LogP) is 2.52. The summed E-state index contributed by atoms with van der Waals surface area (Å²) >= 11 is 0. The van der Waals surface area contributed by atoms with Crippen LogP contribution in [-0.2, 0) is 11.3 Å². The van der Waals surface area contributed by atoms with Crippen LogP contribution in [0.3, 0.4) is 0 Å². The molecule has 1 unspecified atom stereocenters. The number of nitrogens with one attached hydrogen (secondary N) is 1. The fraction of sp³-hybridized carbons (Fsp3) is 0.417. The molecular weight excluding hydrogens is 424 g/mol. The zero-order valence-corrected chi connectivity index (χ0v) is 18.6. The van der Waals surface area contributed by atoms with Gasteiger partial charge < -0.3 is 20.1 Å². The number of hydrogen-bond acceptors (Lipinski definition) is 8. The second kappa shape index (κ2) is 8.24. The first-order valence-corrected chi connectivity index (χ1v) is 11.1. The molecule has 9 heteroatoms. The minimum absolute atomic E-state index is 0.151. The summed E-state index contributed by atoms with van der Waals surface area (Å²) in [5.74, 6) is -0.453. The van der Waals surface area contributed by atoms with Crippen LogP contribution in [-0.4, -0.2) is 57.4 Å². The number of β-amino-alcohol motifs (C(OH)–C–C–N with tert-alkyl or cyclic N) is 1. The maximum Gasteiger partial charge on any atom is 0.338 e. The second-order valence-corrected chi connectivity index (χ2v) is 9.18. The van der Waals surface area contributed by atoms with Gasteiger partial charge >= 0.3 is 5.97 Å². The molecule has 0 radical (unpaired) electrons. The molecule has 2 aromatic carbocycles. The van der Waals surface area contributed by atoms with E-state index in [1.54, 1.807) is 24.3 Å². The number of carbonyl (C=O) groups is 2. The van der Waals surface area contributed by atoms with Crippen molar-refractivity contribution in [2.24, 2.45) is 0 Å². The molecule has 172 valence electrons. The van der Waals surface area contributed by atoms with E-state index in [0.717, 1.165) is 42.6 Å². The molecule has 33 heavy (non-hydrogen) atoms. The van der Waals surface area contributed by atoms with E-state index in [2.05, 4.69) is 27.5 Å². The highest BCUT2D eigenvalue weighted by Gasteiger charge is 2.33. The van der Waals surface area contributed by atoms with Crippen molar-refractivity contribution >= 4 is 22.9 Å². The van der Waals surface area contributed by atoms with E-state index in [1.165, 1.54) is 0 Å². The molecule has 1 saturated heterocycles. The van der Waals surface area contributed by atoms with Crippen LogP contribution in [0, 0.1) is 6.92 Å². The van der Waals surface area contributed by atoms with Crippen molar-refractivity contribution in [1.29, 1.82) is 0 Å². The molecule has 0 spiro atoms. The van der Waals surface area contributed by atoms with E-state index in [9.17, 15) is 14.7 Å². The van der Waals surface area contributed by atoms with Crippen LogP contribution in [0.15, 0.2) is 35.0 Å². The van der Waals surface area contributed by atoms with Crippen molar-refractivity contribution in [1.82, 2.24) is 20.5 Å². The molecule has 2 N–H and O–H groups in total. The minimum Gasteiger partial charge on any atom is -0.457 e. The Morgan fingerprint density at radius 1 is 1.21 bits per heavy atom. The molecule has 9 nitrogen and oxygen atoms in total. The van der Waals surface area contributed by atoms with Crippen molar-refractivity contribution in [2.75, 3.05) is 19.6 Å². The van der Waals surface area contributed by atoms with Crippen molar-refractivity contribution in [2.45, 2.75) is 44.9 Å². The summed E-state index contributed by atoms with van der Waals surface area (Å²) in [6.07, 6.45) is 0.878. The van der Waals surface area contributed by atoms with Crippen LogP contribution < -0.4 is 5.32 Å². The number of carbonyl (C=O) groups excluding carboxylic acids is 2. The number of aliphatic hydroxyl groups is 1. The summed E-state index contributed by atoms with van der Waals surface area (Å²) in [7, 11) is 0. The van der Waals surface area contributed by atoms with Gasteiger partial charge in [0.05, 0.1) is 11.7 Å². The SMILES string of the molecule is Cc1c(C(O)CN2CCC(C)(NC(=O)c3ccc4nonc4c3)CC2)ccc2c1COC2=O. The van der Waals surface area contributed by atoms with E-state index < -0.39 is 6.10 Å². The highest BCUT2D eigenvalue weighted by molar-refractivity contribution is 5.97. The number of esters is 1. The summed E-state index contributed by atoms with van der Waals surface area (Å²) in [6, 6.07) is 8.67. The number of ether oxygens (including phenoxy) is 1. The third-order valence-corrected chi connectivity index (χ3v) is 6.89. The zero-order valence-electron chi connectivity index (χ0n) is 18.6. The summed E-state index contributed by atoms with van der Waals surface area (Å²) in [5, 5.41) is 21.6. The van der Waals surface area contributed by atoms with Crippen molar-refractivity contribution in [3.8, 4) is 0 Å². The standard InChI is InChI=1S/C24H26N4O5/c1-14-16(4-5-17-18(14)13-32-23(17)31)21(29)12-28-9-7-24(2,8-10-28)25-22(30)15-3-6-19-20(11-15)27-33-26-19/h3-6,11,21,29H,7-10,12-13H2,1-2H3,(H,25,30). The monoisotopic (exact) mass is 450 g/mol. The number of aliphatic hydroxyl groups excluding tert-OH is 1. The molecule has 1 fully saturated rings. The van der Waals surface area contributed by atoms with Gasteiger partial charge in [0.15, 0.2) is 0 Å². The van der Waals surface area contributed by atoms with Gasteiger partial charge in [-0.3, -0.25) is 4.79 Å². The summed E-state index contributed by atoms with van der Waals surface area (Å²) in [4.78, 5) is 26.8. The predicted molar refractivity (Wildman–Crippen MR) is 119 cm³/mol. The minimum atomic E-state index is -0.659. The van der Waals surface area contributed by atoms with Crippen molar-refractivity contribution in [3.63, 3.8) is 0 Å². The number of nitrogens with zero attached hydrogens (tertiary/aromatic N) is 3. The molecule has 0 bridgehead atoms. The van der Waals surface area contributed by atoms with Gasteiger partial charge in [-0.05, 0) is 72.4 Å². The number of hydrogen-bond donors (Lipinski definition) is 2. The average Bonchev–Trinajstić information content (AvgIpc) is 3.42. The Labute approximate surface area is 190 Å². The quantitative estimate of drug-likeness (QED) is 0.570. The number of cyclic esters (lactones) is 1. The number of aromatic nitrogens is 2. The van der Waals surface area contributed by atoms with Gasteiger partial charge in [-0.1, -0.05) is 6.07 Å². The topological polar surface area (TPSA) is 118 Å². The Kier molecular flexibility index (Phi) is 5.38. The van der Waals surface area contributed by atoms with Crippen molar-refractivity contribution in [3.05, 3.63) is 58.1 Å². The number of piperidine rings is 1. The number of rotatable bonds is 5. The molecule has 2 aliphatic rings. The van der Waals surface area contributed by atoms with Gasteiger partial charge in [-0.15, -0.1) is 0 Å². The number of fused-ring (bicyclic) bond motifs is 2. The van der Waals surface area contributed by atoms with Gasteiger partial charge in [0, 0.05) is 36.3 Å². The Morgan fingerprint density at radius 2 is 1.97 bits per heavy atom. The van der Waals surface area contributed by atoms with Crippen LogP contribution in [0.1, 0.15) is 63.3 Å². The Morgan fingerprint density at radius 3 is 2.76 bits per heavy atom. The maximum atomic E-state index is 12.8. The molecule has 0 saturated carbocycles. The number of benzene rings is 2. The zero-order chi connectivity index (χ0) is 23.2. The van der Waals surface area contributed by atoms with Crippen LogP contribution in [0.4, 0.5) is 0 Å². The van der Waals surface area contributed by atoms with E-state index in [1.807, 2.05) is 13.0 Å². The average molecular weight is 450 g/mol. The first-order valence-electron chi connectivity index (χ1n) is 11.1. The lowest BCUT2D eigenvalue weighted by atomic mass is 9.88. The summed E-state index contributed by atoms with van der Waals surface area (Å²) in [5.41, 5.74) is 4.54. The lowest BCUT2D eigenvalue weighted by Gasteiger charge is -2.40. The fourth-order valence-electron chi connectivity index (χ4n) is 4.70. The first kappa shape index (κ1) is 21.5. The Bertz CT molecular complexity index is 1230. The number of likely N-dealkylation sites (tertiary alicyclic amines) is 1. The molecule has 5 rings (SSSR count). The second-order valence-electron chi connectivity index (χ2n) is 9.18. The number of amides is 1. The fourth-order valence-corrected chi connectivity index (χ4v) is 4.70. The van der Waals surface area contributed by atoms with Crippen molar-refractivity contribution < 1.29 is 24.1 Å². The van der Waals surface area contributed by atoms with Gasteiger partial charge in [0.25, 0.3) is 5.91 Å². The molecule has 0 aliphatic carbocycles. The van der Waals surface area contributed by atoms with E-state index in [4.69, 9.17) is 9.37 Å². The van der Waals surface area contributed by atoms with Crippen LogP contribution in [0.5, 0.6) is 0 Å². The Balaban J connectivity index is 1.19. The van der Waals surface area contributed by atoms with Gasteiger partial charge in [0.1, 0.15) is 17.6 Å². The third kappa shape index (κ3) is 4.09. The van der Waals surface area contributed by atoms with Crippen LogP contribution in [0.2, 0.25) is 0 Å². The summed E-state index contributed by atoms with van der Waals surface area (Å²) < 4.78 is 9.82. The van der Waals surface area contributed by atoms with Crippen LogP contribution >= 0.6 is 0 Å². The van der Waals surface area contributed by atoms with E-state index in [0.29, 0.717) is 28.7 Å². The van der Waals surface area contributed by atoms with Gasteiger partial charge in [0.2, 0.25) is 0 Å². The Hall–Kier alpha value is -3.30. The lowest BCUT2D eigenvalue weighted by molar-refractivity contribution is 0.0534. The third-order valence-electron chi connectivity index (χ3n) is 6.89. The highest BCUT2D eigenvalue weighted by Crippen LogP contribution is 2.30. The molecule has 1 aromatic heterocycles. The molecular formula is C24H26N4O5. The van der Waals surface area contributed by atoms with Gasteiger partial charge in [-0.2, -0.15) is 0 Å². The normalized spacial score (nSPS) is 18.7. The van der Waals surface area contributed by atoms with E-state index in [-0.39, 0.29) is 24.0 Å². The van der Waals surface area contributed by atoms with Crippen LogP contribution in [0.25, 0.3) is 11.0 Å². The lowest BCUT2D eigenvalue weighted by Crippen LogP contribution is -2.53. The maximum absolute atomic E-state index is 12.8. The van der Waals surface area contributed by atoms with E-state index >= 15 is 0 Å². The smallest absolute Gasteiger partial charge is 0.338 e. The molecule has 1 atom stereocenters. The first-order chi connectivity index (χ1) is 15.8. The largest absolute Gasteiger partial charge is 0.457 e. The molecule has 3 aromatic rings. The molecule has 2 aliphatic heterocycles. The summed E-state index contributed by atoms with van der Waals surface area (Å²) in [6.45, 7) is 6.25. The highest BCUT2D eigenvalue weighted by atomic mass is 16.6.